The van der Waals surface area contributed by atoms with Gasteiger partial charge in [-0.25, -0.2) is 4.57 Å². The van der Waals surface area contributed by atoms with E-state index in [1.807, 2.05) is 21.1 Å². The number of phosphoric ester groups is 1. The fourth-order valence-electron chi connectivity index (χ4n) is 9.05. The molecular formula is C70H125NO8P+. The van der Waals surface area contributed by atoms with Crippen molar-refractivity contribution < 1.29 is 42.1 Å². The fraction of sp³-hybridized carbons (Fsp3) is 0.743. The topological polar surface area (TPSA) is 108 Å². The molecule has 2 unspecified atom stereocenters. The van der Waals surface area contributed by atoms with E-state index in [1.54, 1.807) is 0 Å². The van der Waals surface area contributed by atoms with Gasteiger partial charge in [-0.05, 0) is 96.3 Å². The Bertz CT molecular complexity index is 1670. The molecule has 0 bridgehead atoms. The predicted molar refractivity (Wildman–Crippen MR) is 344 cm³/mol. The van der Waals surface area contributed by atoms with Crippen molar-refractivity contribution in [3.63, 3.8) is 0 Å². The van der Waals surface area contributed by atoms with Crippen molar-refractivity contribution in [2.45, 2.75) is 290 Å². The number of likely N-dealkylation sites (N-methyl/N-ethyl adjacent to an activating group) is 1. The van der Waals surface area contributed by atoms with E-state index in [4.69, 9.17) is 18.5 Å². The summed E-state index contributed by atoms with van der Waals surface area (Å²) >= 11 is 0. The molecular weight excluding hydrogens is 1010 g/mol. The van der Waals surface area contributed by atoms with Crippen LogP contribution >= 0.6 is 7.82 Å². The van der Waals surface area contributed by atoms with Crippen LogP contribution in [0.2, 0.25) is 0 Å². The molecule has 462 valence electrons. The van der Waals surface area contributed by atoms with Gasteiger partial charge in [0.25, 0.3) is 0 Å². The number of nitrogens with zero attached hydrogens (tertiary/aromatic N) is 1. The van der Waals surface area contributed by atoms with Crippen LogP contribution in [-0.4, -0.2) is 74.9 Å². The summed E-state index contributed by atoms with van der Waals surface area (Å²) in [6.07, 6.45) is 83.5. The molecule has 0 aromatic rings. The lowest BCUT2D eigenvalue weighted by Gasteiger charge is -2.24. The molecule has 0 aromatic heterocycles. The van der Waals surface area contributed by atoms with Gasteiger partial charge in [0, 0.05) is 12.8 Å². The zero-order valence-corrected chi connectivity index (χ0v) is 53.4. The summed E-state index contributed by atoms with van der Waals surface area (Å²) in [6.45, 7) is 4.33. The van der Waals surface area contributed by atoms with E-state index in [9.17, 15) is 19.0 Å². The van der Waals surface area contributed by atoms with Crippen LogP contribution in [0.15, 0.2) is 97.2 Å². The number of hydrogen-bond acceptors (Lipinski definition) is 7. The minimum atomic E-state index is -4.39. The average molecular weight is 1140 g/mol. The molecule has 0 fully saturated rings. The maximum atomic E-state index is 12.9. The lowest BCUT2D eigenvalue weighted by molar-refractivity contribution is -0.870. The molecule has 9 nitrogen and oxygen atoms in total. The monoisotopic (exact) mass is 1140 g/mol. The van der Waals surface area contributed by atoms with Gasteiger partial charge in [-0.1, -0.05) is 272 Å². The largest absolute Gasteiger partial charge is 0.472 e. The zero-order chi connectivity index (χ0) is 58.4. The lowest BCUT2D eigenvalue weighted by atomic mass is 10.0. The van der Waals surface area contributed by atoms with Crippen molar-refractivity contribution >= 4 is 19.8 Å². The number of rotatable bonds is 60. The average Bonchev–Trinajstić information content (AvgIpc) is 3.42. The highest BCUT2D eigenvalue weighted by Crippen LogP contribution is 2.43. The summed E-state index contributed by atoms with van der Waals surface area (Å²) in [5.41, 5.74) is 0. The summed E-state index contributed by atoms with van der Waals surface area (Å²) in [5.74, 6) is -0.797. The number of quaternary nitrogens is 1. The molecule has 0 amide bonds. The van der Waals surface area contributed by atoms with Crippen LogP contribution < -0.4 is 0 Å². The van der Waals surface area contributed by atoms with Crippen LogP contribution in [-0.2, 0) is 32.7 Å². The fourth-order valence-corrected chi connectivity index (χ4v) is 9.79. The maximum absolute atomic E-state index is 12.9. The highest BCUT2D eigenvalue weighted by atomic mass is 31.2. The molecule has 0 spiro atoms. The molecule has 0 aliphatic carbocycles. The third-order valence-electron chi connectivity index (χ3n) is 14.1. The Morgan fingerprint density at radius 2 is 0.713 bits per heavy atom. The molecule has 0 aromatic carbocycles. The SMILES string of the molecule is CC/C=C\C/C=C\C/C=C\C/C=C\C/C=C\C/C=C\CCCCCCCCCCCCCCCCCCC(=O)OC(COC(=O)CCCCCCCCCCC/C=C\C/C=C\CCCCCCC)COP(=O)(O)OCC[N+](C)(C)C. The number of phosphoric acid groups is 1. The molecule has 0 saturated carbocycles. The first-order chi connectivity index (χ1) is 39.0. The number of allylic oxidation sites excluding steroid dienone is 16. The Morgan fingerprint density at radius 1 is 0.400 bits per heavy atom. The van der Waals surface area contributed by atoms with Gasteiger partial charge in [-0.2, -0.15) is 0 Å². The highest BCUT2D eigenvalue weighted by Gasteiger charge is 2.27. The third-order valence-corrected chi connectivity index (χ3v) is 15.1. The van der Waals surface area contributed by atoms with Crippen molar-refractivity contribution in [3.8, 4) is 0 Å². The van der Waals surface area contributed by atoms with Gasteiger partial charge in [-0.3, -0.25) is 18.6 Å². The minimum absolute atomic E-state index is 0.0286. The van der Waals surface area contributed by atoms with Crippen molar-refractivity contribution in [2.24, 2.45) is 0 Å². The second kappa shape index (κ2) is 60.5. The molecule has 0 saturated heterocycles. The standard InChI is InChI=1S/C70H124NO8P/c1-6-8-10-12-14-16-18-20-22-24-26-28-29-30-31-32-33-34-35-36-37-38-39-40-41-43-45-47-49-51-53-55-57-59-61-63-70(73)79-68(67-78-80(74,75)77-65-64-71(3,4)5)66-76-69(72)62-60-58-56-54-52-50-48-46-44-42-27-25-23-21-19-17-15-13-11-9-7-2/h8,10,14,16,19-22,25-28,30-31,33-34,68H,6-7,9,11-13,15,17-18,23-24,29,32,35-67H2,1-5H3/p+1/b10-8-,16-14-,21-19-,22-20-,27-25-,28-26-,31-30-,34-33-. The number of ether oxygens (including phenoxy) is 2. The predicted octanol–water partition coefficient (Wildman–Crippen LogP) is 21.2. The third kappa shape index (κ3) is 64.1. The molecule has 80 heavy (non-hydrogen) atoms. The normalized spacial score (nSPS) is 13.8. The van der Waals surface area contributed by atoms with Crippen molar-refractivity contribution in [1.29, 1.82) is 0 Å². The molecule has 2 atom stereocenters. The first-order valence-corrected chi connectivity index (χ1v) is 34.5. The van der Waals surface area contributed by atoms with E-state index in [1.165, 1.54) is 167 Å². The molecule has 1 N–H and O–H groups in total. The zero-order valence-electron chi connectivity index (χ0n) is 52.5. The number of carbonyl (C=O) groups is 2. The summed E-state index contributed by atoms with van der Waals surface area (Å²) < 4.78 is 34.7. The Hall–Kier alpha value is -3.07. The van der Waals surface area contributed by atoms with Gasteiger partial charge in [0.2, 0.25) is 0 Å². The molecule has 0 aliphatic heterocycles. The maximum Gasteiger partial charge on any atom is 0.472 e. The Morgan fingerprint density at radius 3 is 1.06 bits per heavy atom. The van der Waals surface area contributed by atoms with Crippen molar-refractivity contribution in [2.75, 3.05) is 47.5 Å². The summed E-state index contributed by atoms with van der Waals surface area (Å²) in [4.78, 5) is 35.8. The first-order valence-electron chi connectivity index (χ1n) is 33.0. The van der Waals surface area contributed by atoms with Crippen molar-refractivity contribution in [1.82, 2.24) is 0 Å². The van der Waals surface area contributed by atoms with E-state index in [2.05, 4.69) is 111 Å². The van der Waals surface area contributed by atoms with Crippen molar-refractivity contribution in [3.05, 3.63) is 97.2 Å². The van der Waals surface area contributed by atoms with Gasteiger partial charge in [0.1, 0.15) is 19.8 Å². The van der Waals surface area contributed by atoms with Gasteiger partial charge < -0.3 is 18.9 Å². The molecule has 0 radical (unpaired) electrons. The van der Waals surface area contributed by atoms with Crippen LogP contribution in [0.25, 0.3) is 0 Å². The lowest BCUT2D eigenvalue weighted by Crippen LogP contribution is -2.37. The second-order valence-corrected chi connectivity index (χ2v) is 24.6. The summed E-state index contributed by atoms with van der Waals surface area (Å²) in [7, 11) is 1.47. The quantitative estimate of drug-likeness (QED) is 0.0211. The number of carbonyl (C=O) groups excluding carboxylic acids is 2. The van der Waals surface area contributed by atoms with E-state index < -0.39 is 26.5 Å². The van der Waals surface area contributed by atoms with Crippen LogP contribution in [0, 0.1) is 0 Å². The van der Waals surface area contributed by atoms with Gasteiger partial charge in [0.05, 0.1) is 27.7 Å². The van der Waals surface area contributed by atoms with Gasteiger partial charge >= 0.3 is 19.8 Å². The van der Waals surface area contributed by atoms with Gasteiger partial charge in [0.15, 0.2) is 6.10 Å². The molecule has 0 aliphatic rings. The number of esters is 2. The number of hydrogen-bond donors (Lipinski definition) is 1. The van der Waals surface area contributed by atoms with E-state index >= 15 is 0 Å². The summed E-state index contributed by atoms with van der Waals surface area (Å²) in [5, 5.41) is 0. The Kier molecular flexibility index (Phi) is 58.2. The molecule has 0 rings (SSSR count). The van der Waals surface area contributed by atoms with Crippen LogP contribution in [0.5, 0.6) is 0 Å². The Labute approximate surface area is 493 Å². The van der Waals surface area contributed by atoms with E-state index in [-0.39, 0.29) is 32.0 Å². The van der Waals surface area contributed by atoms with Crippen LogP contribution in [0.3, 0.4) is 0 Å². The van der Waals surface area contributed by atoms with E-state index in [0.29, 0.717) is 17.4 Å². The van der Waals surface area contributed by atoms with E-state index in [0.717, 1.165) is 83.5 Å². The smallest absolute Gasteiger partial charge is 0.462 e. The highest BCUT2D eigenvalue weighted by molar-refractivity contribution is 7.47. The Balaban J connectivity index is 4.06. The van der Waals surface area contributed by atoms with Gasteiger partial charge in [-0.15, -0.1) is 0 Å². The first kappa shape index (κ1) is 76.9. The number of unbranched alkanes of at least 4 members (excludes halogenated alkanes) is 30. The summed E-state index contributed by atoms with van der Waals surface area (Å²) in [6, 6.07) is 0. The second-order valence-electron chi connectivity index (χ2n) is 23.1. The molecule has 0 heterocycles. The minimum Gasteiger partial charge on any atom is -0.462 e. The molecule has 10 heteroatoms. The van der Waals surface area contributed by atoms with Crippen LogP contribution in [0.4, 0.5) is 0 Å². The van der Waals surface area contributed by atoms with Crippen LogP contribution in [0.1, 0.15) is 284 Å².